The molecule has 0 radical (unpaired) electrons. The third-order valence-corrected chi connectivity index (χ3v) is 7.40. The summed E-state index contributed by atoms with van der Waals surface area (Å²) in [5.41, 5.74) is 1.80. The summed E-state index contributed by atoms with van der Waals surface area (Å²) in [6.07, 6.45) is 4.61. The maximum absolute atomic E-state index is 13.0. The average molecular weight is 600 g/mol. The highest BCUT2D eigenvalue weighted by atomic mass is 16.6. The largest absolute Gasteiger partial charge is 0.493 e. The molecule has 5 rings (SSSR count). The van der Waals surface area contributed by atoms with Crippen molar-refractivity contribution >= 4 is 34.8 Å². The molecule has 4 aromatic rings. The minimum absolute atomic E-state index is 0.263. The fourth-order valence-corrected chi connectivity index (χ4v) is 5.17. The molecule has 0 saturated carbocycles. The zero-order chi connectivity index (χ0) is 31.4. The lowest BCUT2D eigenvalue weighted by atomic mass is 9.89. The van der Waals surface area contributed by atoms with Gasteiger partial charge in [-0.2, -0.15) is 0 Å². The number of methoxy groups -OCH3 is 1. The zero-order valence-electron chi connectivity index (χ0n) is 25.5. The molecule has 11 nitrogen and oxygen atoms in total. The van der Waals surface area contributed by atoms with E-state index >= 15 is 0 Å². The van der Waals surface area contributed by atoms with Crippen molar-refractivity contribution in [1.29, 1.82) is 0 Å². The highest BCUT2D eigenvalue weighted by molar-refractivity contribution is 6.03. The molecule has 0 spiro atoms. The van der Waals surface area contributed by atoms with E-state index in [1.807, 2.05) is 39.0 Å². The predicted molar refractivity (Wildman–Crippen MR) is 167 cm³/mol. The highest BCUT2D eigenvalue weighted by Gasteiger charge is 2.27. The summed E-state index contributed by atoms with van der Waals surface area (Å²) in [4.78, 5) is 43.6. The maximum atomic E-state index is 13.0. The van der Waals surface area contributed by atoms with Gasteiger partial charge in [-0.05, 0) is 75.4 Å². The first-order valence-electron chi connectivity index (χ1n) is 14.5. The van der Waals surface area contributed by atoms with Gasteiger partial charge in [0.05, 0.1) is 12.6 Å². The third kappa shape index (κ3) is 6.94. The number of carbonyl (C=O) groups excluding carboxylic acids is 3. The standard InChI is InChI=1S/C33H37N5O6/c1-33(2,3)44-32(41)37-15-11-22(12-16-37)21-6-8-23(9-7-21)30(39)36-29-19-25(10-14-35-29)43-28-18-24-13-17-38(31(40)34-4)26(24)20-27(28)42-5/h6-10,13-14,17-20,22H,11-12,15-16H2,1-5H3,(H,34,40)(H,35,36,39). The van der Waals surface area contributed by atoms with Crippen LogP contribution in [0.1, 0.15) is 55.5 Å². The van der Waals surface area contributed by atoms with Gasteiger partial charge in [-0.15, -0.1) is 0 Å². The zero-order valence-corrected chi connectivity index (χ0v) is 25.5. The SMILES string of the molecule is CNC(=O)n1ccc2cc(Oc3ccnc(NC(=O)c4ccc(C5CCN(C(=O)OC(C)(C)C)CC5)cc4)c3)c(OC)cc21. The Morgan fingerprint density at radius 1 is 0.955 bits per heavy atom. The van der Waals surface area contributed by atoms with Crippen LogP contribution in [0.5, 0.6) is 17.2 Å². The van der Waals surface area contributed by atoms with E-state index in [1.165, 1.54) is 11.7 Å². The van der Waals surface area contributed by atoms with Crippen LogP contribution in [0.2, 0.25) is 0 Å². The van der Waals surface area contributed by atoms with Gasteiger partial charge in [0.15, 0.2) is 11.5 Å². The second-order valence-electron chi connectivity index (χ2n) is 11.6. The Kier molecular flexibility index (Phi) is 8.75. The summed E-state index contributed by atoms with van der Waals surface area (Å²) >= 11 is 0. The molecule has 0 aliphatic carbocycles. The van der Waals surface area contributed by atoms with Crippen LogP contribution in [-0.2, 0) is 4.74 Å². The van der Waals surface area contributed by atoms with E-state index in [9.17, 15) is 14.4 Å². The molecule has 1 saturated heterocycles. The molecule has 230 valence electrons. The quantitative estimate of drug-likeness (QED) is 0.263. The molecule has 0 unspecified atom stereocenters. The first-order valence-corrected chi connectivity index (χ1v) is 14.5. The van der Waals surface area contributed by atoms with Gasteiger partial charge in [0, 0.05) is 55.6 Å². The van der Waals surface area contributed by atoms with E-state index < -0.39 is 5.60 Å². The molecule has 1 fully saturated rings. The lowest BCUT2D eigenvalue weighted by Gasteiger charge is -2.33. The number of anilines is 1. The Morgan fingerprint density at radius 3 is 2.34 bits per heavy atom. The summed E-state index contributed by atoms with van der Waals surface area (Å²) in [5, 5.41) is 6.24. The minimum atomic E-state index is -0.514. The number of pyridine rings is 1. The summed E-state index contributed by atoms with van der Waals surface area (Å²) in [7, 11) is 3.09. The highest BCUT2D eigenvalue weighted by Crippen LogP contribution is 2.36. The van der Waals surface area contributed by atoms with Gasteiger partial charge in [0.1, 0.15) is 17.2 Å². The number of amides is 3. The lowest BCUT2D eigenvalue weighted by molar-refractivity contribution is 0.0204. The molecule has 1 aliphatic rings. The summed E-state index contributed by atoms with van der Waals surface area (Å²) in [6.45, 7) is 6.87. The van der Waals surface area contributed by atoms with Crippen LogP contribution in [-0.4, -0.2) is 65.3 Å². The number of rotatable bonds is 6. The predicted octanol–water partition coefficient (Wildman–Crippen LogP) is 6.39. The molecule has 11 heteroatoms. The van der Waals surface area contributed by atoms with Crippen LogP contribution in [0.3, 0.4) is 0 Å². The number of benzene rings is 2. The fraction of sp³-hybridized carbons (Fsp3) is 0.333. The van der Waals surface area contributed by atoms with Gasteiger partial charge in [0.25, 0.3) is 5.91 Å². The fourth-order valence-electron chi connectivity index (χ4n) is 5.17. The normalized spacial score (nSPS) is 13.8. The van der Waals surface area contributed by atoms with Crippen LogP contribution in [0.4, 0.5) is 15.4 Å². The van der Waals surface area contributed by atoms with Gasteiger partial charge < -0.3 is 29.7 Å². The number of nitrogens with zero attached hydrogens (tertiary/aromatic N) is 3. The number of likely N-dealkylation sites (tertiary alicyclic amines) is 1. The Labute approximate surface area is 256 Å². The molecule has 0 bridgehead atoms. The van der Waals surface area contributed by atoms with Gasteiger partial charge in [-0.3, -0.25) is 9.36 Å². The van der Waals surface area contributed by atoms with Crippen molar-refractivity contribution in [3.05, 3.63) is 78.1 Å². The molecule has 1 aliphatic heterocycles. The first-order chi connectivity index (χ1) is 21.0. The number of piperidine rings is 1. The topological polar surface area (TPSA) is 124 Å². The summed E-state index contributed by atoms with van der Waals surface area (Å²) < 4.78 is 18.6. The maximum Gasteiger partial charge on any atom is 0.410 e. The van der Waals surface area contributed by atoms with Crippen LogP contribution in [0, 0.1) is 0 Å². The first kappa shape index (κ1) is 30.4. The van der Waals surface area contributed by atoms with E-state index in [0.29, 0.717) is 53.2 Å². The molecular weight excluding hydrogens is 562 g/mol. The molecule has 2 N–H and O–H groups in total. The smallest absolute Gasteiger partial charge is 0.410 e. The van der Waals surface area contributed by atoms with Crippen molar-refractivity contribution in [3.63, 3.8) is 0 Å². The third-order valence-electron chi connectivity index (χ3n) is 7.40. The van der Waals surface area contributed by atoms with Crippen LogP contribution in [0.15, 0.2) is 67.0 Å². The van der Waals surface area contributed by atoms with E-state index in [2.05, 4.69) is 15.6 Å². The Hall–Kier alpha value is -5.06. The van der Waals surface area contributed by atoms with Crippen molar-refractivity contribution in [2.24, 2.45) is 0 Å². The second-order valence-corrected chi connectivity index (χ2v) is 11.6. The minimum Gasteiger partial charge on any atom is -0.493 e. The number of carbonyl (C=O) groups is 3. The Bertz CT molecular complexity index is 1670. The summed E-state index contributed by atoms with van der Waals surface area (Å²) in [5.74, 6) is 1.68. The van der Waals surface area contributed by atoms with E-state index in [4.69, 9.17) is 14.2 Å². The number of ether oxygens (including phenoxy) is 3. The van der Waals surface area contributed by atoms with Gasteiger partial charge >= 0.3 is 12.1 Å². The van der Waals surface area contributed by atoms with Crippen molar-refractivity contribution in [3.8, 4) is 17.2 Å². The van der Waals surface area contributed by atoms with E-state index in [1.54, 1.807) is 60.7 Å². The van der Waals surface area contributed by atoms with Crippen molar-refractivity contribution < 1.29 is 28.6 Å². The average Bonchev–Trinajstić information content (AvgIpc) is 3.42. The number of fused-ring (bicyclic) bond motifs is 1. The summed E-state index contributed by atoms with van der Waals surface area (Å²) in [6, 6.07) is 15.9. The number of aromatic nitrogens is 2. The molecule has 2 aromatic carbocycles. The molecule has 3 heterocycles. The molecule has 44 heavy (non-hydrogen) atoms. The Balaban J connectivity index is 1.21. The Morgan fingerprint density at radius 2 is 1.68 bits per heavy atom. The molecule has 2 aromatic heterocycles. The lowest BCUT2D eigenvalue weighted by Crippen LogP contribution is -2.41. The van der Waals surface area contributed by atoms with Crippen LogP contribution < -0.4 is 20.1 Å². The van der Waals surface area contributed by atoms with E-state index in [0.717, 1.165) is 23.8 Å². The van der Waals surface area contributed by atoms with Gasteiger partial charge in [-0.1, -0.05) is 12.1 Å². The molecular formula is C33H37N5O6. The van der Waals surface area contributed by atoms with Gasteiger partial charge in [0.2, 0.25) is 0 Å². The van der Waals surface area contributed by atoms with Crippen LogP contribution >= 0.6 is 0 Å². The van der Waals surface area contributed by atoms with E-state index in [-0.39, 0.29) is 18.0 Å². The molecule has 0 atom stereocenters. The van der Waals surface area contributed by atoms with Crippen molar-refractivity contribution in [1.82, 2.24) is 19.8 Å². The van der Waals surface area contributed by atoms with Crippen molar-refractivity contribution in [2.75, 3.05) is 32.6 Å². The second kappa shape index (κ2) is 12.7. The number of nitrogens with one attached hydrogen (secondary N) is 2. The van der Waals surface area contributed by atoms with Gasteiger partial charge in [-0.25, -0.2) is 14.6 Å². The number of hydrogen-bond acceptors (Lipinski definition) is 7. The van der Waals surface area contributed by atoms with Crippen LogP contribution in [0.25, 0.3) is 10.9 Å². The molecule has 3 amide bonds. The van der Waals surface area contributed by atoms with Crippen molar-refractivity contribution in [2.45, 2.75) is 45.1 Å². The number of hydrogen-bond donors (Lipinski definition) is 2. The monoisotopic (exact) mass is 599 g/mol.